The van der Waals surface area contributed by atoms with Crippen molar-refractivity contribution in [2.45, 2.75) is 39.3 Å². The standard InChI is InChI=1S/C15H24FNO2/c1-11-7-6-8-13(14(11)16)19-12(10-18-5)9-17-15(2,3)4/h6-8,12,17H,9-10H2,1-5H3. The fraction of sp³-hybridized carbons (Fsp3) is 0.600. The monoisotopic (exact) mass is 269 g/mol. The topological polar surface area (TPSA) is 30.5 Å². The van der Waals surface area contributed by atoms with Gasteiger partial charge in [0.2, 0.25) is 0 Å². The molecule has 1 rings (SSSR count). The van der Waals surface area contributed by atoms with Crippen LogP contribution >= 0.6 is 0 Å². The number of halogens is 1. The Balaban J connectivity index is 2.70. The molecule has 0 aliphatic heterocycles. The highest BCUT2D eigenvalue weighted by Crippen LogP contribution is 2.21. The zero-order valence-corrected chi connectivity index (χ0v) is 12.4. The maximum absolute atomic E-state index is 13.9. The lowest BCUT2D eigenvalue weighted by Gasteiger charge is -2.25. The summed E-state index contributed by atoms with van der Waals surface area (Å²) in [5.41, 5.74) is 0.568. The van der Waals surface area contributed by atoms with E-state index >= 15 is 0 Å². The maximum Gasteiger partial charge on any atom is 0.167 e. The Morgan fingerprint density at radius 3 is 2.58 bits per heavy atom. The third kappa shape index (κ3) is 5.57. The van der Waals surface area contributed by atoms with E-state index in [1.165, 1.54) is 0 Å². The molecule has 0 aromatic heterocycles. The molecular weight excluding hydrogens is 245 g/mol. The number of rotatable bonds is 6. The second-order valence-corrected chi connectivity index (χ2v) is 5.71. The van der Waals surface area contributed by atoms with E-state index < -0.39 is 0 Å². The van der Waals surface area contributed by atoms with E-state index in [9.17, 15) is 4.39 Å². The quantitative estimate of drug-likeness (QED) is 0.861. The van der Waals surface area contributed by atoms with E-state index in [-0.39, 0.29) is 23.2 Å². The number of ether oxygens (including phenoxy) is 2. The summed E-state index contributed by atoms with van der Waals surface area (Å²) >= 11 is 0. The molecule has 0 bridgehead atoms. The summed E-state index contributed by atoms with van der Waals surface area (Å²) in [7, 11) is 1.61. The molecule has 108 valence electrons. The first kappa shape index (κ1) is 15.9. The van der Waals surface area contributed by atoms with Crippen molar-refractivity contribution in [1.82, 2.24) is 5.32 Å². The molecule has 0 amide bonds. The Morgan fingerprint density at radius 1 is 1.32 bits per heavy atom. The number of aryl methyl sites for hydroxylation is 1. The van der Waals surface area contributed by atoms with Crippen LogP contribution in [0, 0.1) is 12.7 Å². The van der Waals surface area contributed by atoms with Gasteiger partial charge in [-0.15, -0.1) is 0 Å². The minimum atomic E-state index is -0.306. The van der Waals surface area contributed by atoms with Gasteiger partial charge in [-0.1, -0.05) is 12.1 Å². The molecule has 1 unspecified atom stereocenters. The van der Waals surface area contributed by atoms with Crippen molar-refractivity contribution in [2.75, 3.05) is 20.3 Å². The van der Waals surface area contributed by atoms with Gasteiger partial charge in [-0.25, -0.2) is 4.39 Å². The second-order valence-electron chi connectivity index (χ2n) is 5.71. The lowest BCUT2D eigenvalue weighted by molar-refractivity contribution is 0.0737. The van der Waals surface area contributed by atoms with Crippen LogP contribution in [0.5, 0.6) is 5.75 Å². The van der Waals surface area contributed by atoms with E-state index in [4.69, 9.17) is 9.47 Å². The van der Waals surface area contributed by atoms with Crippen molar-refractivity contribution < 1.29 is 13.9 Å². The number of hydrogen-bond donors (Lipinski definition) is 1. The highest BCUT2D eigenvalue weighted by Gasteiger charge is 2.17. The molecule has 1 atom stereocenters. The van der Waals surface area contributed by atoms with Gasteiger partial charge in [0.15, 0.2) is 11.6 Å². The Bertz CT molecular complexity index is 402. The van der Waals surface area contributed by atoms with E-state index in [0.717, 1.165) is 0 Å². The predicted octanol–water partition coefficient (Wildman–Crippen LogP) is 2.92. The van der Waals surface area contributed by atoms with Gasteiger partial charge in [-0.2, -0.15) is 0 Å². The molecule has 1 aromatic carbocycles. The van der Waals surface area contributed by atoms with Crippen LogP contribution in [0.2, 0.25) is 0 Å². The molecule has 0 aliphatic rings. The van der Waals surface area contributed by atoms with E-state index in [2.05, 4.69) is 26.1 Å². The van der Waals surface area contributed by atoms with Gasteiger partial charge < -0.3 is 14.8 Å². The maximum atomic E-state index is 13.9. The van der Waals surface area contributed by atoms with Crippen molar-refractivity contribution >= 4 is 0 Å². The van der Waals surface area contributed by atoms with E-state index in [1.54, 1.807) is 32.2 Å². The van der Waals surface area contributed by atoms with Gasteiger partial charge >= 0.3 is 0 Å². The smallest absolute Gasteiger partial charge is 0.167 e. The van der Waals surface area contributed by atoms with E-state index in [0.29, 0.717) is 18.7 Å². The highest BCUT2D eigenvalue weighted by molar-refractivity contribution is 5.30. The molecule has 3 nitrogen and oxygen atoms in total. The molecule has 19 heavy (non-hydrogen) atoms. The fourth-order valence-corrected chi connectivity index (χ4v) is 1.63. The number of nitrogens with one attached hydrogen (secondary N) is 1. The Kier molecular flexibility index (Phi) is 5.76. The number of hydrogen-bond acceptors (Lipinski definition) is 3. The molecule has 0 heterocycles. The normalized spacial score (nSPS) is 13.4. The van der Waals surface area contributed by atoms with Gasteiger partial charge in [0.05, 0.1) is 6.61 Å². The first-order valence-electron chi connectivity index (χ1n) is 6.49. The lowest BCUT2D eigenvalue weighted by Crippen LogP contribution is -2.44. The lowest BCUT2D eigenvalue weighted by atomic mass is 10.1. The van der Waals surface area contributed by atoms with Crippen molar-refractivity contribution in [3.63, 3.8) is 0 Å². The second kappa shape index (κ2) is 6.87. The zero-order valence-electron chi connectivity index (χ0n) is 12.4. The SMILES string of the molecule is COCC(CNC(C)(C)C)Oc1cccc(C)c1F. The summed E-state index contributed by atoms with van der Waals surface area (Å²) in [6.45, 7) is 8.96. The van der Waals surface area contributed by atoms with Crippen LogP contribution in [0.1, 0.15) is 26.3 Å². The summed E-state index contributed by atoms with van der Waals surface area (Å²) in [6, 6.07) is 5.15. The van der Waals surface area contributed by atoms with Crippen molar-refractivity contribution in [3.8, 4) is 5.75 Å². The molecule has 0 fully saturated rings. The molecule has 1 aromatic rings. The van der Waals surface area contributed by atoms with Crippen LogP contribution < -0.4 is 10.1 Å². The molecule has 0 aliphatic carbocycles. The molecule has 0 spiro atoms. The first-order chi connectivity index (χ1) is 8.83. The molecule has 0 saturated carbocycles. The van der Waals surface area contributed by atoms with Crippen molar-refractivity contribution in [2.24, 2.45) is 0 Å². The third-order valence-electron chi connectivity index (χ3n) is 2.66. The highest BCUT2D eigenvalue weighted by atomic mass is 19.1. The number of methoxy groups -OCH3 is 1. The fourth-order valence-electron chi connectivity index (χ4n) is 1.63. The van der Waals surface area contributed by atoms with Crippen molar-refractivity contribution in [3.05, 3.63) is 29.6 Å². The Hall–Kier alpha value is -1.13. The average molecular weight is 269 g/mol. The largest absolute Gasteiger partial charge is 0.484 e. The summed E-state index contributed by atoms with van der Waals surface area (Å²) in [6.07, 6.45) is -0.222. The van der Waals surface area contributed by atoms with Crippen LogP contribution in [0.15, 0.2) is 18.2 Å². The predicted molar refractivity (Wildman–Crippen MR) is 75.2 cm³/mol. The van der Waals surface area contributed by atoms with Gasteiger partial charge in [0.1, 0.15) is 6.10 Å². The van der Waals surface area contributed by atoms with Crippen LogP contribution in [-0.2, 0) is 4.74 Å². The molecule has 0 saturated heterocycles. The Morgan fingerprint density at radius 2 is 2.00 bits per heavy atom. The van der Waals surface area contributed by atoms with Crippen LogP contribution in [-0.4, -0.2) is 31.9 Å². The zero-order chi connectivity index (χ0) is 14.5. The van der Waals surface area contributed by atoms with Gasteiger partial charge in [-0.3, -0.25) is 0 Å². The minimum Gasteiger partial charge on any atom is -0.484 e. The van der Waals surface area contributed by atoms with Crippen LogP contribution in [0.4, 0.5) is 4.39 Å². The average Bonchev–Trinajstić information content (AvgIpc) is 2.31. The minimum absolute atomic E-state index is 0.0134. The van der Waals surface area contributed by atoms with Gasteiger partial charge in [0, 0.05) is 19.2 Å². The van der Waals surface area contributed by atoms with Crippen LogP contribution in [0.25, 0.3) is 0 Å². The summed E-state index contributed by atoms with van der Waals surface area (Å²) < 4.78 is 24.7. The molecule has 0 radical (unpaired) electrons. The molecule has 1 N–H and O–H groups in total. The summed E-state index contributed by atoms with van der Waals surface area (Å²) in [5, 5.41) is 3.33. The van der Waals surface area contributed by atoms with Crippen LogP contribution in [0.3, 0.4) is 0 Å². The third-order valence-corrected chi connectivity index (χ3v) is 2.66. The van der Waals surface area contributed by atoms with Gasteiger partial charge in [0.25, 0.3) is 0 Å². The molecular formula is C15H24FNO2. The Labute approximate surface area is 115 Å². The first-order valence-corrected chi connectivity index (χ1v) is 6.49. The van der Waals surface area contributed by atoms with Crippen molar-refractivity contribution in [1.29, 1.82) is 0 Å². The van der Waals surface area contributed by atoms with E-state index in [1.807, 2.05) is 0 Å². The summed E-state index contributed by atoms with van der Waals surface area (Å²) in [4.78, 5) is 0. The molecule has 4 heteroatoms. The number of benzene rings is 1. The van der Waals surface area contributed by atoms with Gasteiger partial charge in [-0.05, 0) is 39.3 Å². The summed E-state index contributed by atoms with van der Waals surface area (Å²) in [5.74, 6) is -0.0304.